The second kappa shape index (κ2) is 6.71. The van der Waals surface area contributed by atoms with Crippen LogP contribution in [0.15, 0.2) is 42.5 Å². The van der Waals surface area contributed by atoms with E-state index in [9.17, 15) is 0 Å². The van der Waals surface area contributed by atoms with Crippen LogP contribution in [0.25, 0.3) is 0 Å². The molecule has 0 heterocycles. The summed E-state index contributed by atoms with van der Waals surface area (Å²) in [7, 11) is 0. The normalized spacial score (nSPS) is 12.4. The van der Waals surface area contributed by atoms with E-state index in [0.717, 1.165) is 6.42 Å². The fourth-order valence-corrected chi connectivity index (χ4v) is 2.55. The number of unbranched alkanes of at least 4 members (excludes halogenated alkanes) is 1. The molecule has 0 saturated carbocycles. The average Bonchev–Trinajstić information content (AvgIpc) is 2.47. The highest BCUT2D eigenvalue weighted by molar-refractivity contribution is 5.39. The predicted molar refractivity (Wildman–Crippen MR) is 87.0 cm³/mol. The lowest BCUT2D eigenvalue weighted by Gasteiger charge is -2.16. The Labute approximate surface area is 122 Å². The highest BCUT2D eigenvalue weighted by Gasteiger charge is 2.11. The fourth-order valence-electron chi connectivity index (χ4n) is 2.55. The Kier molecular flexibility index (Phi) is 4.97. The molecular weight excluding hydrogens is 242 g/mol. The van der Waals surface area contributed by atoms with Crippen LogP contribution < -0.4 is 5.73 Å². The molecule has 0 aliphatic heterocycles. The van der Waals surface area contributed by atoms with E-state index in [0.29, 0.717) is 0 Å². The van der Waals surface area contributed by atoms with Crippen LogP contribution in [0, 0.1) is 13.8 Å². The van der Waals surface area contributed by atoms with Crippen LogP contribution in [0.5, 0.6) is 0 Å². The molecular formula is C19H25N. The molecule has 0 bridgehead atoms. The zero-order valence-electron chi connectivity index (χ0n) is 12.8. The van der Waals surface area contributed by atoms with Gasteiger partial charge < -0.3 is 5.73 Å². The first-order valence-corrected chi connectivity index (χ1v) is 7.53. The molecule has 1 unspecified atom stereocenters. The standard InChI is InChI=1S/C19H25N/c1-4-5-6-16-9-11-17(12-10-16)19(20)18-13-14(2)7-8-15(18)3/h7-13,19H,4-6,20H2,1-3H3. The summed E-state index contributed by atoms with van der Waals surface area (Å²) in [5.74, 6) is 0. The molecule has 0 radical (unpaired) electrons. The summed E-state index contributed by atoms with van der Waals surface area (Å²) in [4.78, 5) is 0. The fraction of sp³-hybridized carbons (Fsp3) is 0.368. The van der Waals surface area contributed by atoms with Crippen LogP contribution in [0.1, 0.15) is 53.6 Å². The van der Waals surface area contributed by atoms with E-state index in [-0.39, 0.29) is 6.04 Å². The van der Waals surface area contributed by atoms with Crippen molar-refractivity contribution in [3.05, 3.63) is 70.3 Å². The first-order chi connectivity index (χ1) is 9.61. The third-order valence-electron chi connectivity index (χ3n) is 3.93. The molecule has 1 heteroatoms. The zero-order chi connectivity index (χ0) is 14.5. The van der Waals surface area contributed by atoms with E-state index in [4.69, 9.17) is 5.73 Å². The van der Waals surface area contributed by atoms with E-state index in [1.54, 1.807) is 0 Å². The largest absolute Gasteiger partial charge is 0.320 e. The molecule has 0 fully saturated rings. The molecule has 1 nitrogen and oxygen atoms in total. The van der Waals surface area contributed by atoms with Crippen molar-refractivity contribution in [1.82, 2.24) is 0 Å². The van der Waals surface area contributed by atoms with Gasteiger partial charge in [0.1, 0.15) is 0 Å². The van der Waals surface area contributed by atoms with Crippen molar-refractivity contribution in [2.75, 3.05) is 0 Å². The van der Waals surface area contributed by atoms with Crippen LogP contribution >= 0.6 is 0 Å². The molecule has 0 aromatic heterocycles. The van der Waals surface area contributed by atoms with Crippen molar-refractivity contribution in [3.63, 3.8) is 0 Å². The molecule has 0 aliphatic rings. The second-order valence-electron chi connectivity index (χ2n) is 5.68. The summed E-state index contributed by atoms with van der Waals surface area (Å²) in [6.07, 6.45) is 3.65. The van der Waals surface area contributed by atoms with Gasteiger partial charge in [0.05, 0.1) is 6.04 Å². The van der Waals surface area contributed by atoms with E-state index >= 15 is 0 Å². The first-order valence-electron chi connectivity index (χ1n) is 7.53. The first kappa shape index (κ1) is 14.8. The maximum absolute atomic E-state index is 6.44. The van der Waals surface area contributed by atoms with Gasteiger partial charge in [-0.3, -0.25) is 0 Å². The number of nitrogens with two attached hydrogens (primary N) is 1. The highest BCUT2D eigenvalue weighted by Crippen LogP contribution is 2.24. The lowest BCUT2D eigenvalue weighted by molar-refractivity contribution is 0.792. The van der Waals surface area contributed by atoms with Gasteiger partial charge in [-0.25, -0.2) is 0 Å². The van der Waals surface area contributed by atoms with Crippen LogP contribution in [0.2, 0.25) is 0 Å². The summed E-state index contributed by atoms with van der Waals surface area (Å²) < 4.78 is 0. The molecule has 2 aromatic rings. The van der Waals surface area contributed by atoms with Crippen molar-refractivity contribution >= 4 is 0 Å². The maximum Gasteiger partial charge on any atom is 0.0554 e. The smallest absolute Gasteiger partial charge is 0.0554 e. The van der Waals surface area contributed by atoms with E-state index in [2.05, 4.69) is 63.2 Å². The summed E-state index contributed by atoms with van der Waals surface area (Å²) >= 11 is 0. The molecule has 106 valence electrons. The summed E-state index contributed by atoms with van der Waals surface area (Å²) in [5.41, 5.74) is 12.8. The second-order valence-corrected chi connectivity index (χ2v) is 5.68. The topological polar surface area (TPSA) is 26.0 Å². The Bertz CT molecular complexity index is 554. The van der Waals surface area contributed by atoms with E-state index in [1.165, 1.54) is 40.7 Å². The van der Waals surface area contributed by atoms with Crippen molar-refractivity contribution in [2.45, 2.75) is 46.1 Å². The van der Waals surface area contributed by atoms with Gasteiger partial charge in [0, 0.05) is 0 Å². The summed E-state index contributed by atoms with van der Waals surface area (Å²) in [6, 6.07) is 15.3. The quantitative estimate of drug-likeness (QED) is 0.835. The van der Waals surface area contributed by atoms with Crippen molar-refractivity contribution < 1.29 is 0 Å². The molecule has 0 aliphatic carbocycles. The number of benzene rings is 2. The van der Waals surface area contributed by atoms with Gasteiger partial charge in [-0.2, -0.15) is 0 Å². The SMILES string of the molecule is CCCCc1ccc(C(N)c2cc(C)ccc2C)cc1. The minimum atomic E-state index is -0.0323. The Morgan fingerprint density at radius 2 is 1.70 bits per heavy atom. The lowest BCUT2D eigenvalue weighted by atomic mass is 9.93. The summed E-state index contributed by atoms with van der Waals surface area (Å²) in [6.45, 7) is 6.47. The molecule has 0 amide bonds. The molecule has 1 atom stereocenters. The van der Waals surface area contributed by atoms with Crippen molar-refractivity contribution in [2.24, 2.45) is 5.73 Å². The van der Waals surface area contributed by atoms with E-state index < -0.39 is 0 Å². The Morgan fingerprint density at radius 1 is 1.00 bits per heavy atom. The van der Waals surface area contributed by atoms with Gasteiger partial charge in [-0.15, -0.1) is 0 Å². The molecule has 20 heavy (non-hydrogen) atoms. The number of hydrogen-bond donors (Lipinski definition) is 1. The van der Waals surface area contributed by atoms with Crippen LogP contribution in [-0.4, -0.2) is 0 Å². The van der Waals surface area contributed by atoms with Gasteiger partial charge in [0.2, 0.25) is 0 Å². The maximum atomic E-state index is 6.44. The summed E-state index contributed by atoms with van der Waals surface area (Å²) in [5, 5.41) is 0. The number of hydrogen-bond acceptors (Lipinski definition) is 1. The zero-order valence-corrected chi connectivity index (χ0v) is 12.8. The molecule has 0 saturated heterocycles. The van der Waals surface area contributed by atoms with Gasteiger partial charge in [0.15, 0.2) is 0 Å². The Hall–Kier alpha value is -1.60. The molecule has 2 N–H and O–H groups in total. The highest BCUT2D eigenvalue weighted by atomic mass is 14.6. The minimum Gasteiger partial charge on any atom is -0.320 e. The molecule has 2 aromatic carbocycles. The van der Waals surface area contributed by atoms with Crippen molar-refractivity contribution in [1.29, 1.82) is 0 Å². The van der Waals surface area contributed by atoms with E-state index in [1.807, 2.05) is 0 Å². The van der Waals surface area contributed by atoms with Gasteiger partial charge >= 0.3 is 0 Å². The predicted octanol–water partition coefficient (Wildman–Crippen LogP) is 4.69. The third kappa shape index (κ3) is 3.49. The van der Waals surface area contributed by atoms with Gasteiger partial charge in [0.25, 0.3) is 0 Å². The van der Waals surface area contributed by atoms with Gasteiger partial charge in [-0.1, -0.05) is 61.4 Å². The Balaban J connectivity index is 2.20. The monoisotopic (exact) mass is 267 g/mol. The average molecular weight is 267 g/mol. The van der Waals surface area contributed by atoms with Crippen LogP contribution in [-0.2, 0) is 6.42 Å². The van der Waals surface area contributed by atoms with Crippen molar-refractivity contribution in [3.8, 4) is 0 Å². The van der Waals surface area contributed by atoms with Crippen LogP contribution in [0.3, 0.4) is 0 Å². The number of aryl methyl sites for hydroxylation is 3. The number of rotatable bonds is 5. The van der Waals surface area contributed by atoms with Crippen LogP contribution in [0.4, 0.5) is 0 Å². The van der Waals surface area contributed by atoms with Gasteiger partial charge in [-0.05, 0) is 48.9 Å². The minimum absolute atomic E-state index is 0.0323. The third-order valence-corrected chi connectivity index (χ3v) is 3.93. The lowest BCUT2D eigenvalue weighted by Crippen LogP contribution is -2.13. The molecule has 2 rings (SSSR count). The Morgan fingerprint density at radius 3 is 2.35 bits per heavy atom. The molecule has 0 spiro atoms.